The number of guanidine groups is 1. The summed E-state index contributed by atoms with van der Waals surface area (Å²) in [5.74, 6) is 2.78. The van der Waals surface area contributed by atoms with E-state index in [1.54, 1.807) is 7.05 Å². The number of aromatic nitrogens is 2. The smallest absolute Gasteiger partial charge is 0.226 e. The first kappa shape index (κ1) is 21.6. The molecular weight excluding hydrogens is 374 g/mol. The van der Waals surface area contributed by atoms with Gasteiger partial charge in [-0.05, 0) is 17.5 Å². The van der Waals surface area contributed by atoms with Crippen LogP contribution < -0.4 is 10.6 Å². The summed E-state index contributed by atoms with van der Waals surface area (Å²) >= 11 is 0. The van der Waals surface area contributed by atoms with Gasteiger partial charge in [0.15, 0.2) is 11.8 Å². The van der Waals surface area contributed by atoms with Gasteiger partial charge in [0, 0.05) is 38.4 Å². The fraction of sp³-hybridized carbons (Fsp3) is 0.375. The van der Waals surface area contributed by atoms with Gasteiger partial charge in [0.2, 0.25) is 5.89 Å². The average Bonchev–Trinajstić information content (AvgIpc) is 3.26. The van der Waals surface area contributed by atoms with E-state index < -0.39 is 0 Å². The van der Waals surface area contributed by atoms with Gasteiger partial charge in [-0.3, -0.25) is 4.99 Å². The maximum absolute atomic E-state index is 5.30. The van der Waals surface area contributed by atoms with Gasteiger partial charge >= 0.3 is 0 Å². The van der Waals surface area contributed by atoms with Crippen molar-refractivity contribution in [3.8, 4) is 0 Å². The van der Waals surface area contributed by atoms with Gasteiger partial charge in [-0.1, -0.05) is 79.7 Å². The van der Waals surface area contributed by atoms with E-state index in [0.29, 0.717) is 5.89 Å². The molecule has 0 radical (unpaired) electrons. The van der Waals surface area contributed by atoms with Crippen LogP contribution in [0.15, 0.2) is 70.2 Å². The molecule has 0 atom stereocenters. The van der Waals surface area contributed by atoms with Crippen LogP contribution in [0.1, 0.15) is 54.9 Å². The van der Waals surface area contributed by atoms with Gasteiger partial charge in [-0.15, -0.1) is 0 Å². The Hall–Kier alpha value is -3.15. The highest BCUT2D eigenvalue weighted by Gasteiger charge is 2.14. The highest BCUT2D eigenvalue weighted by Crippen LogP contribution is 2.23. The minimum atomic E-state index is 0.249. The van der Waals surface area contributed by atoms with Crippen LogP contribution in [0, 0.1) is 0 Å². The molecule has 0 amide bonds. The standard InChI is InChI=1S/C24H31N5O/c1-18(2)23-28-22(30-29-23)15-10-16-26-24(25-3)27-17-21(19-11-6-4-7-12-19)20-13-8-5-9-14-20/h4-9,11-14,18,21H,10,15-17H2,1-3H3,(H2,25,26,27). The molecule has 3 rings (SSSR count). The summed E-state index contributed by atoms with van der Waals surface area (Å²) in [5, 5.41) is 10.9. The van der Waals surface area contributed by atoms with Crippen molar-refractivity contribution in [2.75, 3.05) is 20.1 Å². The first-order valence-corrected chi connectivity index (χ1v) is 10.5. The van der Waals surface area contributed by atoms with Crippen molar-refractivity contribution in [2.24, 2.45) is 4.99 Å². The minimum Gasteiger partial charge on any atom is -0.356 e. The molecule has 3 aromatic rings. The van der Waals surface area contributed by atoms with Gasteiger partial charge in [-0.25, -0.2) is 0 Å². The molecule has 0 saturated carbocycles. The molecule has 0 unspecified atom stereocenters. The Morgan fingerprint density at radius 1 is 0.967 bits per heavy atom. The number of benzene rings is 2. The fourth-order valence-corrected chi connectivity index (χ4v) is 3.27. The van der Waals surface area contributed by atoms with Gasteiger partial charge in [-0.2, -0.15) is 4.98 Å². The van der Waals surface area contributed by atoms with E-state index in [1.165, 1.54) is 11.1 Å². The molecule has 6 heteroatoms. The van der Waals surface area contributed by atoms with E-state index in [2.05, 4.69) is 88.1 Å². The Labute approximate surface area is 178 Å². The predicted molar refractivity (Wildman–Crippen MR) is 121 cm³/mol. The number of nitrogens with zero attached hydrogens (tertiary/aromatic N) is 3. The van der Waals surface area contributed by atoms with E-state index in [4.69, 9.17) is 4.52 Å². The first-order valence-electron chi connectivity index (χ1n) is 10.5. The van der Waals surface area contributed by atoms with Crippen LogP contribution >= 0.6 is 0 Å². The second-order valence-corrected chi connectivity index (χ2v) is 7.56. The van der Waals surface area contributed by atoms with Crippen molar-refractivity contribution in [1.29, 1.82) is 0 Å². The molecule has 0 aliphatic carbocycles. The molecule has 0 saturated heterocycles. The van der Waals surface area contributed by atoms with Crippen molar-refractivity contribution >= 4 is 5.96 Å². The molecule has 2 aromatic carbocycles. The molecule has 30 heavy (non-hydrogen) atoms. The third-order valence-corrected chi connectivity index (χ3v) is 4.96. The lowest BCUT2D eigenvalue weighted by Crippen LogP contribution is -2.40. The average molecular weight is 406 g/mol. The van der Waals surface area contributed by atoms with Crippen LogP contribution in [0.4, 0.5) is 0 Å². The number of hydrogen-bond donors (Lipinski definition) is 2. The van der Waals surface area contributed by atoms with E-state index >= 15 is 0 Å². The molecule has 0 fully saturated rings. The Balaban J connectivity index is 1.51. The third-order valence-electron chi connectivity index (χ3n) is 4.96. The molecule has 6 nitrogen and oxygen atoms in total. The van der Waals surface area contributed by atoms with Gasteiger partial charge < -0.3 is 15.2 Å². The lowest BCUT2D eigenvalue weighted by atomic mass is 9.91. The highest BCUT2D eigenvalue weighted by atomic mass is 16.5. The summed E-state index contributed by atoms with van der Waals surface area (Å²) in [6.07, 6.45) is 1.64. The van der Waals surface area contributed by atoms with Crippen molar-refractivity contribution in [3.63, 3.8) is 0 Å². The topological polar surface area (TPSA) is 75.3 Å². The van der Waals surface area contributed by atoms with Crippen LogP contribution in [0.25, 0.3) is 0 Å². The number of rotatable bonds is 9. The van der Waals surface area contributed by atoms with Crippen LogP contribution in [-0.4, -0.2) is 36.2 Å². The zero-order valence-corrected chi connectivity index (χ0v) is 18.0. The fourth-order valence-electron chi connectivity index (χ4n) is 3.27. The summed E-state index contributed by atoms with van der Waals surface area (Å²) in [6.45, 7) is 5.66. The Kier molecular flexibility index (Phi) is 8.01. The van der Waals surface area contributed by atoms with Crippen LogP contribution in [-0.2, 0) is 6.42 Å². The van der Waals surface area contributed by atoms with Crippen molar-refractivity contribution < 1.29 is 4.52 Å². The number of nitrogens with one attached hydrogen (secondary N) is 2. The minimum absolute atomic E-state index is 0.249. The molecule has 0 spiro atoms. The number of aryl methyl sites for hydroxylation is 1. The normalized spacial score (nSPS) is 11.8. The summed E-state index contributed by atoms with van der Waals surface area (Å²) in [6, 6.07) is 21.1. The molecule has 158 valence electrons. The highest BCUT2D eigenvalue weighted by molar-refractivity contribution is 5.79. The molecule has 0 bridgehead atoms. The third kappa shape index (κ3) is 6.17. The van der Waals surface area contributed by atoms with Gasteiger partial charge in [0.05, 0.1) is 0 Å². The molecule has 1 heterocycles. The quantitative estimate of drug-likeness (QED) is 0.318. The molecule has 2 N–H and O–H groups in total. The van der Waals surface area contributed by atoms with Crippen molar-refractivity contribution in [3.05, 3.63) is 83.5 Å². The van der Waals surface area contributed by atoms with Crippen LogP contribution in [0.3, 0.4) is 0 Å². The SMILES string of the molecule is CN=C(NCCCc1nc(C(C)C)no1)NCC(c1ccccc1)c1ccccc1. The van der Waals surface area contributed by atoms with E-state index in [0.717, 1.165) is 37.7 Å². The monoisotopic (exact) mass is 405 g/mol. The maximum atomic E-state index is 5.30. The summed E-state index contributed by atoms with van der Waals surface area (Å²) in [5.41, 5.74) is 2.56. The largest absolute Gasteiger partial charge is 0.356 e. The van der Waals surface area contributed by atoms with Gasteiger partial charge in [0.1, 0.15) is 0 Å². The second-order valence-electron chi connectivity index (χ2n) is 7.56. The predicted octanol–water partition coefficient (Wildman–Crippen LogP) is 4.12. The zero-order valence-electron chi connectivity index (χ0n) is 18.0. The van der Waals surface area contributed by atoms with E-state index in [9.17, 15) is 0 Å². The second kappa shape index (κ2) is 11.1. The number of aliphatic imine (C=N–C) groups is 1. The molecule has 0 aliphatic rings. The summed E-state index contributed by atoms with van der Waals surface area (Å²) in [4.78, 5) is 8.78. The van der Waals surface area contributed by atoms with Crippen LogP contribution in [0.2, 0.25) is 0 Å². The molecule has 0 aliphatic heterocycles. The summed E-state index contributed by atoms with van der Waals surface area (Å²) < 4.78 is 5.30. The van der Waals surface area contributed by atoms with Gasteiger partial charge in [0.25, 0.3) is 0 Å². The molecular formula is C24H31N5O. The number of hydrogen-bond acceptors (Lipinski definition) is 4. The van der Waals surface area contributed by atoms with Crippen molar-refractivity contribution in [2.45, 2.75) is 38.5 Å². The Morgan fingerprint density at radius 2 is 1.60 bits per heavy atom. The molecule has 1 aromatic heterocycles. The Bertz CT molecular complexity index is 866. The van der Waals surface area contributed by atoms with Crippen LogP contribution in [0.5, 0.6) is 0 Å². The first-order chi connectivity index (χ1) is 14.7. The van der Waals surface area contributed by atoms with E-state index in [-0.39, 0.29) is 11.8 Å². The lowest BCUT2D eigenvalue weighted by Gasteiger charge is -2.20. The Morgan fingerprint density at radius 3 is 2.13 bits per heavy atom. The van der Waals surface area contributed by atoms with Crippen molar-refractivity contribution in [1.82, 2.24) is 20.8 Å². The lowest BCUT2D eigenvalue weighted by molar-refractivity contribution is 0.368. The van der Waals surface area contributed by atoms with E-state index in [1.807, 2.05) is 12.1 Å². The summed E-state index contributed by atoms with van der Waals surface area (Å²) in [7, 11) is 1.79. The zero-order chi connectivity index (χ0) is 21.2. The maximum Gasteiger partial charge on any atom is 0.226 e.